The van der Waals surface area contributed by atoms with Crippen molar-refractivity contribution < 1.29 is 14.6 Å². The Balaban J connectivity index is 2.87. The van der Waals surface area contributed by atoms with E-state index >= 15 is 0 Å². The summed E-state index contributed by atoms with van der Waals surface area (Å²) < 4.78 is 10.2. The Bertz CT molecular complexity index is 354. The molecule has 0 fully saturated rings. The third-order valence-corrected chi connectivity index (χ3v) is 3.05. The molecule has 0 aliphatic heterocycles. The van der Waals surface area contributed by atoms with Crippen molar-refractivity contribution in [1.82, 2.24) is 0 Å². The van der Waals surface area contributed by atoms with Crippen LogP contribution in [0.1, 0.15) is 44.2 Å². The highest BCUT2D eigenvalue weighted by molar-refractivity contribution is 5.53. The second-order valence-corrected chi connectivity index (χ2v) is 4.38. The SMILES string of the molecule is CCCCC[C@H](N)c1cc(OC)c(O)c(OC)c1. The standard InChI is InChI=1S/C14H23NO3/c1-4-5-6-7-11(15)10-8-12(17-2)14(16)13(9-10)18-3/h8-9,11,16H,4-7,15H2,1-3H3/t11-/m0/s1. The quantitative estimate of drug-likeness (QED) is 0.733. The van der Waals surface area contributed by atoms with Crippen molar-refractivity contribution in [2.45, 2.75) is 38.6 Å². The van der Waals surface area contributed by atoms with Crippen LogP contribution >= 0.6 is 0 Å². The molecule has 1 aromatic rings. The summed E-state index contributed by atoms with van der Waals surface area (Å²) in [7, 11) is 3.03. The summed E-state index contributed by atoms with van der Waals surface area (Å²) in [6.07, 6.45) is 4.38. The average molecular weight is 253 g/mol. The van der Waals surface area contributed by atoms with Crippen LogP contribution in [0.5, 0.6) is 17.2 Å². The monoisotopic (exact) mass is 253 g/mol. The molecule has 0 amide bonds. The molecule has 0 unspecified atom stereocenters. The van der Waals surface area contributed by atoms with Crippen LogP contribution < -0.4 is 15.2 Å². The van der Waals surface area contributed by atoms with E-state index in [9.17, 15) is 5.11 Å². The predicted molar refractivity (Wildman–Crippen MR) is 72.3 cm³/mol. The Labute approximate surface area is 109 Å². The number of phenols is 1. The fraction of sp³-hybridized carbons (Fsp3) is 0.571. The lowest BCUT2D eigenvalue weighted by molar-refractivity contribution is 0.338. The number of nitrogens with two attached hydrogens (primary N) is 1. The summed E-state index contributed by atoms with van der Waals surface area (Å²) in [6.45, 7) is 2.16. The van der Waals surface area contributed by atoms with E-state index in [1.807, 2.05) is 0 Å². The first-order valence-corrected chi connectivity index (χ1v) is 6.34. The van der Waals surface area contributed by atoms with Gasteiger partial charge in [-0.25, -0.2) is 0 Å². The van der Waals surface area contributed by atoms with Crippen molar-refractivity contribution in [3.8, 4) is 17.2 Å². The Morgan fingerprint density at radius 1 is 1.17 bits per heavy atom. The number of phenolic OH excluding ortho intramolecular Hbond substituents is 1. The minimum Gasteiger partial charge on any atom is -0.502 e. The van der Waals surface area contributed by atoms with Gasteiger partial charge in [0.2, 0.25) is 5.75 Å². The average Bonchev–Trinajstić information content (AvgIpc) is 2.39. The van der Waals surface area contributed by atoms with Gasteiger partial charge in [0.1, 0.15) is 0 Å². The van der Waals surface area contributed by atoms with Gasteiger partial charge in [0.25, 0.3) is 0 Å². The summed E-state index contributed by atoms with van der Waals surface area (Å²) in [4.78, 5) is 0. The van der Waals surface area contributed by atoms with E-state index in [1.54, 1.807) is 12.1 Å². The maximum Gasteiger partial charge on any atom is 0.200 e. The zero-order valence-electron chi connectivity index (χ0n) is 11.4. The van der Waals surface area contributed by atoms with Crippen LogP contribution in [0.2, 0.25) is 0 Å². The Hall–Kier alpha value is -1.42. The highest BCUT2D eigenvalue weighted by Gasteiger charge is 2.14. The first-order chi connectivity index (χ1) is 8.63. The minimum atomic E-state index is -0.0556. The van der Waals surface area contributed by atoms with Crippen molar-refractivity contribution in [3.63, 3.8) is 0 Å². The van der Waals surface area contributed by atoms with Gasteiger partial charge < -0.3 is 20.3 Å². The maximum absolute atomic E-state index is 9.82. The topological polar surface area (TPSA) is 64.7 Å². The lowest BCUT2D eigenvalue weighted by atomic mass is 10.0. The number of rotatable bonds is 7. The molecule has 1 aromatic carbocycles. The highest BCUT2D eigenvalue weighted by atomic mass is 16.5. The van der Waals surface area contributed by atoms with E-state index in [1.165, 1.54) is 27.1 Å². The van der Waals surface area contributed by atoms with Gasteiger partial charge in [0.05, 0.1) is 14.2 Å². The zero-order chi connectivity index (χ0) is 13.5. The number of benzene rings is 1. The molecule has 0 bridgehead atoms. The van der Waals surface area contributed by atoms with E-state index in [-0.39, 0.29) is 11.8 Å². The fourth-order valence-electron chi connectivity index (χ4n) is 1.91. The normalized spacial score (nSPS) is 12.2. The lowest BCUT2D eigenvalue weighted by Crippen LogP contribution is -2.10. The predicted octanol–water partition coefficient (Wildman–Crippen LogP) is 2.99. The van der Waals surface area contributed by atoms with E-state index in [0.717, 1.165) is 18.4 Å². The van der Waals surface area contributed by atoms with Crippen LogP contribution in [0, 0.1) is 0 Å². The van der Waals surface area contributed by atoms with Gasteiger partial charge in [-0.2, -0.15) is 0 Å². The second kappa shape index (κ2) is 7.11. The molecular formula is C14H23NO3. The Morgan fingerprint density at radius 2 is 1.72 bits per heavy atom. The van der Waals surface area contributed by atoms with Crippen LogP contribution in [0.4, 0.5) is 0 Å². The molecule has 4 nitrogen and oxygen atoms in total. The number of unbranched alkanes of at least 4 members (excludes halogenated alkanes) is 2. The minimum absolute atomic E-state index is 0.0181. The third-order valence-electron chi connectivity index (χ3n) is 3.05. The molecule has 1 rings (SSSR count). The number of hydrogen-bond donors (Lipinski definition) is 2. The van der Waals surface area contributed by atoms with Crippen molar-refractivity contribution in [3.05, 3.63) is 17.7 Å². The lowest BCUT2D eigenvalue weighted by Gasteiger charge is -2.16. The number of methoxy groups -OCH3 is 2. The number of ether oxygens (including phenoxy) is 2. The summed E-state index contributed by atoms with van der Waals surface area (Å²) in [6, 6.07) is 3.49. The second-order valence-electron chi connectivity index (χ2n) is 4.38. The number of hydrogen-bond acceptors (Lipinski definition) is 4. The molecule has 0 spiro atoms. The first-order valence-electron chi connectivity index (χ1n) is 6.34. The molecule has 0 aliphatic rings. The van der Waals surface area contributed by atoms with Gasteiger partial charge in [-0.1, -0.05) is 26.2 Å². The van der Waals surface area contributed by atoms with Crippen molar-refractivity contribution >= 4 is 0 Å². The molecule has 3 N–H and O–H groups in total. The first kappa shape index (κ1) is 14.6. The molecule has 0 heterocycles. The maximum atomic E-state index is 9.82. The highest BCUT2D eigenvalue weighted by Crippen LogP contribution is 2.38. The molecule has 0 saturated heterocycles. The molecule has 18 heavy (non-hydrogen) atoms. The molecule has 0 aliphatic carbocycles. The van der Waals surface area contributed by atoms with Crippen LogP contribution in [0.3, 0.4) is 0 Å². The molecule has 0 aromatic heterocycles. The van der Waals surface area contributed by atoms with Crippen molar-refractivity contribution in [2.24, 2.45) is 5.73 Å². The van der Waals surface area contributed by atoms with Gasteiger partial charge in [0, 0.05) is 6.04 Å². The van der Waals surface area contributed by atoms with Crippen molar-refractivity contribution in [2.75, 3.05) is 14.2 Å². The van der Waals surface area contributed by atoms with Crippen LogP contribution in [0.15, 0.2) is 12.1 Å². The molecule has 0 radical (unpaired) electrons. The van der Waals surface area contributed by atoms with E-state index in [0.29, 0.717) is 11.5 Å². The molecule has 102 valence electrons. The van der Waals surface area contributed by atoms with Crippen LogP contribution in [-0.2, 0) is 0 Å². The van der Waals surface area contributed by atoms with Crippen LogP contribution in [-0.4, -0.2) is 19.3 Å². The fourth-order valence-corrected chi connectivity index (χ4v) is 1.91. The Morgan fingerprint density at radius 3 is 2.17 bits per heavy atom. The largest absolute Gasteiger partial charge is 0.502 e. The van der Waals surface area contributed by atoms with Crippen LogP contribution in [0.25, 0.3) is 0 Å². The van der Waals surface area contributed by atoms with E-state index in [2.05, 4.69) is 6.92 Å². The molecular weight excluding hydrogens is 230 g/mol. The summed E-state index contributed by atoms with van der Waals surface area (Å²) in [5.74, 6) is 0.815. The molecule has 0 saturated carbocycles. The smallest absolute Gasteiger partial charge is 0.200 e. The van der Waals surface area contributed by atoms with Crippen molar-refractivity contribution in [1.29, 1.82) is 0 Å². The van der Waals surface area contributed by atoms with Gasteiger partial charge in [-0.05, 0) is 24.1 Å². The molecule has 1 atom stereocenters. The number of aromatic hydroxyl groups is 1. The molecule has 4 heteroatoms. The van der Waals surface area contributed by atoms with Gasteiger partial charge in [-0.3, -0.25) is 0 Å². The van der Waals surface area contributed by atoms with Gasteiger partial charge in [-0.15, -0.1) is 0 Å². The third kappa shape index (κ3) is 3.53. The zero-order valence-corrected chi connectivity index (χ0v) is 11.4. The van der Waals surface area contributed by atoms with Gasteiger partial charge in [0.15, 0.2) is 11.5 Å². The Kier molecular flexibility index (Phi) is 5.78. The summed E-state index contributed by atoms with van der Waals surface area (Å²) in [5.41, 5.74) is 7.07. The summed E-state index contributed by atoms with van der Waals surface area (Å²) >= 11 is 0. The van der Waals surface area contributed by atoms with Gasteiger partial charge >= 0.3 is 0 Å². The van der Waals surface area contributed by atoms with E-state index < -0.39 is 0 Å². The van der Waals surface area contributed by atoms with E-state index in [4.69, 9.17) is 15.2 Å². The summed E-state index contributed by atoms with van der Waals surface area (Å²) in [5, 5.41) is 9.82.